The quantitative estimate of drug-likeness (QED) is 0.141. The fourth-order valence-corrected chi connectivity index (χ4v) is 8.86. The molecule has 0 N–H and O–H groups in total. The van der Waals surface area contributed by atoms with Crippen molar-refractivity contribution in [2.45, 2.75) is 0 Å². The maximum Gasteiger partial charge on any atom is 0.0541 e. The number of para-hydroxylation sites is 1. The standard InChI is InChI=1S/C60H42N2/c1-4-13-43(14-5-1)46-23-32-53(33-24-46)61(54-34-25-47(26-35-54)44-15-6-2-7-16-44)55-36-29-49(30-37-55)50-19-12-20-51(41-50)52-31-40-60-58(42-52)57-21-10-11-22-59(57)62(60)56-38-27-48(28-39-56)45-17-8-3-9-18-45/h1-42H. The SMILES string of the molecule is c1ccc(-c2ccc(N(c3ccc(-c4ccccc4)cc3)c3ccc(-c4cccc(-c5ccc6c(c5)c5ccccc5n6-c5ccc(-c6ccccc6)cc5)c4)cc3)cc2)cc1. The van der Waals surface area contributed by atoms with E-state index in [1.165, 1.54) is 77.4 Å². The topological polar surface area (TPSA) is 8.17 Å². The third kappa shape index (κ3) is 7.04. The predicted molar refractivity (Wildman–Crippen MR) is 263 cm³/mol. The average molecular weight is 791 g/mol. The first-order valence-electron chi connectivity index (χ1n) is 21.2. The van der Waals surface area contributed by atoms with E-state index < -0.39 is 0 Å². The third-order valence-electron chi connectivity index (χ3n) is 12.0. The Labute approximate surface area is 362 Å². The van der Waals surface area contributed by atoms with Crippen molar-refractivity contribution in [3.63, 3.8) is 0 Å². The molecule has 1 aromatic heterocycles. The van der Waals surface area contributed by atoms with Crippen molar-refractivity contribution in [1.29, 1.82) is 0 Å². The zero-order valence-corrected chi connectivity index (χ0v) is 34.1. The van der Waals surface area contributed by atoms with Crippen LogP contribution in [0, 0.1) is 0 Å². The molecule has 10 aromatic carbocycles. The van der Waals surface area contributed by atoms with Gasteiger partial charge in [-0.05, 0) is 128 Å². The van der Waals surface area contributed by atoms with Gasteiger partial charge in [0, 0.05) is 33.5 Å². The number of aromatic nitrogens is 1. The minimum atomic E-state index is 1.10. The van der Waals surface area contributed by atoms with Crippen LogP contribution in [0.4, 0.5) is 17.1 Å². The van der Waals surface area contributed by atoms with Gasteiger partial charge in [0.1, 0.15) is 0 Å². The highest BCUT2D eigenvalue weighted by atomic mass is 15.1. The largest absolute Gasteiger partial charge is 0.311 e. The van der Waals surface area contributed by atoms with Gasteiger partial charge < -0.3 is 9.47 Å². The molecule has 292 valence electrons. The van der Waals surface area contributed by atoms with Crippen LogP contribution in [-0.4, -0.2) is 4.57 Å². The molecule has 11 rings (SSSR count). The summed E-state index contributed by atoms with van der Waals surface area (Å²) in [5, 5.41) is 2.49. The van der Waals surface area contributed by atoms with Gasteiger partial charge >= 0.3 is 0 Å². The van der Waals surface area contributed by atoms with Gasteiger partial charge in [-0.15, -0.1) is 0 Å². The van der Waals surface area contributed by atoms with Crippen molar-refractivity contribution in [3.8, 4) is 61.3 Å². The van der Waals surface area contributed by atoms with Crippen LogP contribution < -0.4 is 4.90 Å². The molecule has 0 unspecified atom stereocenters. The molecular weight excluding hydrogens is 749 g/mol. The monoisotopic (exact) mass is 790 g/mol. The molecule has 0 aliphatic heterocycles. The smallest absolute Gasteiger partial charge is 0.0541 e. The lowest BCUT2D eigenvalue weighted by atomic mass is 9.97. The van der Waals surface area contributed by atoms with Crippen molar-refractivity contribution in [2.75, 3.05) is 4.90 Å². The first-order valence-corrected chi connectivity index (χ1v) is 21.2. The molecule has 0 saturated carbocycles. The van der Waals surface area contributed by atoms with Crippen LogP contribution in [0.5, 0.6) is 0 Å². The summed E-state index contributed by atoms with van der Waals surface area (Å²) in [7, 11) is 0. The molecule has 0 amide bonds. The highest BCUT2D eigenvalue weighted by Crippen LogP contribution is 2.39. The van der Waals surface area contributed by atoms with Gasteiger partial charge in [-0.2, -0.15) is 0 Å². The number of fused-ring (bicyclic) bond motifs is 3. The first-order chi connectivity index (χ1) is 30.7. The zero-order valence-electron chi connectivity index (χ0n) is 34.1. The second kappa shape index (κ2) is 16.1. The zero-order chi connectivity index (χ0) is 41.2. The van der Waals surface area contributed by atoms with Crippen molar-refractivity contribution in [2.24, 2.45) is 0 Å². The van der Waals surface area contributed by atoms with Crippen molar-refractivity contribution < 1.29 is 0 Å². The Kier molecular flexibility index (Phi) is 9.57. The maximum atomic E-state index is 2.39. The fraction of sp³-hybridized carbons (Fsp3) is 0. The summed E-state index contributed by atoms with van der Waals surface area (Å²) < 4.78 is 2.39. The molecule has 11 aromatic rings. The van der Waals surface area contributed by atoms with Crippen LogP contribution in [0.15, 0.2) is 255 Å². The molecule has 0 saturated heterocycles. The average Bonchev–Trinajstić information content (AvgIpc) is 3.69. The van der Waals surface area contributed by atoms with Gasteiger partial charge in [0.25, 0.3) is 0 Å². The molecule has 0 bridgehead atoms. The van der Waals surface area contributed by atoms with Gasteiger partial charge in [0.2, 0.25) is 0 Å². The number of nitrogens with zero attached hydrogens (tertiary/aromatic N) is 2. The van der Waals surface area contributed by atoms with Gasteiger partial charge in [-0.25, -0.2) is 0 Å². The van der Waals surface area contributed by atoms with Crippen LogP contribution in [-0.2, 0) is 0 Å². The molecule has 0 aliphatic carbocycles. The van der Waals surface area contributed by atoms with Crippen LogP contribution in [0.1, 0.15) is 0 Å². The fourth-order valence-electron chi connectivity index (χ4n) is 8.86. The van der Waals surface area contributed by atoms with E-state index in [4.69, 9.17) is 0 Å². The molecule has 62 heavy (non-hydrogen) atoms. The van der Waals surface area contributed by atoms with E-state index in [-0.39, 0.29) is 0 Å². The molecule has 2 nitrogen and oxygen atoms in total. The minimum absolute atomic E-state index is 1.10. The first kappa shape index (κ1) is 36.8. The number of anilines is 3. The van der Waals surface area contributed by atoms with Crippen LogP contribution in [0.25, 0.3) is 83.1 Å². The van der Waals surface area contributed by atoms with Crippen LogP contribution in [0.3, 0.4) is 0 Å². The summed E-state index contributed by atoms with van der Waals surface area (Å²) in [5.41, 5.74) is 18.9. The Balaban J connectivity index is 0.918. The van der Waals surface area contributed by atoms with Gasteiger partial charge in [-0.1, -0.05) is 182 Å². The van der Waals surface area contributed by atoms with E-state index >= 15 is 0 Å². The van der Waals surface area contributed by atoms with E-state index in [1.54, 1.807) is 0 Å². The Morgan fingerprint density at radius 2 is 0.565 bits per heavy atom. The maximum absolute atomic E-state index is 2.39. The van der Waals surface area contributed by atoms with E-state index in [1.807, 2.05) is 0 Å². The lowest BCUT2D eigenvalue weighted by Gasteiger charge is -2.26. The predicted octanol–water partition coefficient (Wildman–Crippen LogP) is 16.6. The molecule has 0 aliphatic rings. The van der Waals surface area contributed by atoms with Crippen LogP contribution in [0.2, 0.25) is 0 Å². The molecule has 2 heteroatoms. The third-order valence-corrected chi connectivity index (χ3v) is 12.0. The Hall–Kier alpha value is -8.20. The molecule has 0 fully saturated rings. The van der Waals surface area contributed by atoms with E-state index in [2.05, 4.69) is 264 Å². The van der Waals surface area contributed by atoms with Crippen molar-refractivity contribution in [1.82, 2.24) is 4.57 Å². The Bertz CT molecular complexity index is 3190. The summed E-state index contributed by atoms with van der Waals surface area (Å²) in [5.74, 6) is 0. The van der Waals surface area contributed by atoms with Crippen LogP contribution >= 0.6 is 0 Å². The summed E-state index contributed by atoms with van der Waals surface area (Å²) in [4.78, 5) is 2.34. The highest BCUT2D eigenvalue weighted by molar-refractivity contribution is 6.10. The molecule has 0 atom stereocenters. The minimum Gasteiger partial charge on any atom is -0.311 e. The normalized spacial score (nSPS) is 11.2. The summed E-state index contributed by atoms with van der Waals surface area (Å²) in [6.45, 7) is 0. The number of benzene rings is 10. The van der Waals surface area contributed by atoms with Gasteiger partial charge in [-0.3, -0.25) is 0 Å². The Morgan fingerprint density at radius 1 is 0.226 bits per heavy atom. The summed E-state index contributed by atoms with van der Waals surface area (Å²) in [6, 6.07) is 91.9. The summed E-state index contributed by atoms with van der Waals surface area (Å²) in [6.07, 6.45) is 0. The number of rotatable bonds is 9. The Morgan fingerprint density at radius 3 is 1.06 bits per heavy atom. The lowest BCUT2D eigenvalue weighted by molar-refractivity contribution is 1.18. The molecule has 0 spiro atoms. The van der Waals surface area contributed by atoms with Crippen molar-refractivity contribution in [3.05, 3.63) is 255 Å². The molecule has 1 heterocycles. The van der Waals surface area contributed by atoms with Gasteiger partial charge in [0.15, 0.2) is 0 Å². The van der Waals surface area contributed by atoms with E-state index in [0.717, 1.165) is 22.7 Å². The van der Waals surface area contributed by atoms with Gasteiger partial charge in [0.05, 0.1) is 11.0 Å². The van der Waals surface area contributed by atoms with E-state index in [0.29, 0.717) is 0 Å². The lowest BCUT2D eigenvalue weighted by Crippen LogP contribution is -2.09. The van der Waals surface area contributed by atoms with E-state index in [9.17, 15) is 0 Å². The second-order valence-electron chi connectivity index (χ2n) is 15.8. The summed E-state index contributed by atoms with van der Waals surface area (Å²) >= 11 is 0. The molecule has 0 radical (unpaired) electrons. The number of hydrogen-bond donors (Lipinski definition) is 0. The molecular formula is C60H42N2. The second-order valence-corrected chi connectivity index (χ2v) is 15.8. The van der Waals surface area contributed by atoms with Crippen molar-refractivity contribution >= 4 is 38.9 Å². The number of hydrogen-bond acceptors (Lipinski definition) is 1. The highest BCUT2D eigenvalue weighted by Gasteiger charge is 2.16.